The lowest BCUT2D eigenvalue weighted by Gasteiger charge is -1.98. The monoisotopic (exact) mass is 188 g/mol. The van der Waals surface area contributed by atoms with E-state index in [0.29, 0.717) is 5.92 Å². The van der Waals surface area contributed by atoms with Crippen LogP contribution in [-0.4, -0.2) is 26.9 Å². The minimum atomic E-state index is 0. The fraction of sp³-hybridized carbons (Fsp3) is 0.909. The average molecular weight is 188 g/mol. The van der Waals surface area contributed by atoms with Gasteiger partial charge in [-0.2, -0.15) is 0 Å². The Kier molecular flexibility index (Phi) is 20.1. The predicted molar refractivity (Wildman–Crippen MR) is 64.7 cm³/mol. The molecule has 13 heavy (non-hydrogen) atoms. The molecule has 0 rings (SSSR count). The van der Waals surface area contributed by atoms with Crippen molar-refractivity contribution in [1.29, 1.82) is 0 Å². The van der Waals surface area contributed by atoms with E-state index in [1.807, 2.05) is 13.3 Å². The van der Waals surface area contributed by atoms with E-state index in [9.17, 15) is 0 Å². The molecule has 1 N–H and O–H groups in total. The Balaban J connectivity index is -0.000000143. The molecule has 2 nitrogen and oxygen atoms in total. The topological polar surface area (TPSA) is 24.4 Å². The summed E-state index contributed by atoms with van der Waals surface area (Å²) < 4.78 is 0. The second kappa shape index (κ2) is 14.2. The van der Waals surface area contributed by atoms with Crippen LogP contribution in [0.3, 0.4) is 0 Å². The maximum atomic E-state index is 3.81. The van der Waals surface area contributed by atoms with Gasteiger partial charge in [0.25, 0.3) is 0 Å². The van der Waals surface area contributed by atoms with Gasteiger partial charge < -0.3 is 10.3 Å². The Labute approximate surface area is 84.8 Å². The van der Waals surface area contributed by atoms with Gasteiger partial charge in [-0.15, -0.1) is 0 Å². The lowest BCUT2D eigenvalue weighted by molar-refractivity contribution is 0.595. The summed E-state index contributed by atoms with van der Waals surface area (Å²) in [4.78, 5) is 3.81. The Morgan fingerprint density at radius 2 is 1.69 bits per heavy atom. The summed E-state index contributed by atoms with van der Waals surface area (Å²) in [5.74, 6) is 1.39. The van der Waals surface area contributed by atoms with Crippen molar-refractivity contribution in [3.63, 3.8) is 0 Å². The molecule has 0 unspecified atom stereocenters. The molecule has 82 valence electrons. The molecule has 0 aromatic heterocycles. The third kappa shape index (κ3) is 34.0. The van der Waals surface area contributed by atoms with Gasteiger partial charge in [0.2, 0.25) is 0 Å². The third-order valence-corrected chi connectivity index (χ3v) is 1.06. The number of aliphatic imine (C=N–C) groups is 1. The molecular formula is C11H28N2. The van der Waals surface area contributed by atoms with E-state index in [-0.39, 0.29) is 7.43 Å². The number of hydrogen-bond donors (Lipinski definition) is 1. The van der Waals surface area contributed by atoms with Crippen molar-refractivity contribution < 1.29 is 0 Å². The molecule has 0 aromatic rings. The fourth-order valence-corrected chi connectivity index (χ4v) is 0.706. The summed E-state index contributed by atoms with van der Waals surface area (Å²) in [5.41, 5.74) is 0. The van der Waals surface area contributed by atoms with Crippen LogP contribution in [0.25, 0.3) is 0 Å². The molecule has 0 aliphatic carbocycles. The van der Waals surface area contributed by atoms with Gasteiger partial charge in [-0.1, -0.05) is 35.1 Å². The van der Waals surface area contributed by atoms with Crippen molar-refractivity contribution in [2.45, 2.75) is 35.1 Å². The Hall–Kier alpha value is -0.370. The zero-order valence-corrected chi connectivity index (χ0v) is 9.39. The Bertz CT molecular complexity index is 96.3. The highest BCUT2D eigenvalue weighted by atomic mass is 14.8. The van der Waals surface area contributed by atoms with Crippen LogP contribution in [0.4, 0.5) is 0 Å². The van der Waals surface area contributed by atoms with Gasteiger partial charge in [0.1, 0.15) is 0 Å². The number of rotatable bonds is 3. The van der Waals surface area contributed by atoms with E-state index in [0.717, 1.165) is 12.5 Å². The molecule has 0 amide bonds. The van der Waals surface area contributed by atoms with E-state index < -0.39 is 0 Å². The van der Waals surface area contributed by atoms with Crippen molar-refractivity contribution in [2.75, 3.05) is 20.6 Å². The Morgan fingerprint density at radius 3 is 1.69 bits per heavy atom. The summed E-state index contributed by atoms with van der Waals surface area (Å²) in [6, 6.07) is 0. The second-order valence-corrected chi connectivity index (χ2v) is 3.60. The number of nitrogens with zero attached hydrogens (tertiary/aromatic N) is 1. The molecule has 0 atom stereocenters. The molecule has 0 saturated heterocycles. The lowest BCUT2D eigenvalue weighted by Crippen LogP contribution is -2.12. The molecule has 0 bridgehead atoms. The van der Waals surface area contributed by atoms with Crippen LogP contribution in [0.2, 0.25) is 0 Å². The van der Waals surface area contributed by atoms with Crippen LogP contribution < -0.4 is 5.32 Å². The first-order valence-corrected chi connectivity index (χ1v) is 4.61. The fourth-order valence-electron chi connectivity index (χ4n) is 0.706. The quantitative estimate of drug-likeness (QED) is 0.677. The van der Waals surface area contributed by atoms with Gasteiger partial charge in [-0.25, -0.2) is 0 Å². The molecular weight excluding hydrogens is 160 g/mol. The van der Waals surface area contributed by atoms with E-state index in [1.165, 1.54) is 0 Å². The highest BCUT2D eigenvalue weighted by Crippen LogP contribution is 1.83. The molecule has 0 radical (unpaired) electrons. The number of nitrogens with one attached hydrogen (secondary N) is 1. The minimum absolute atomic E-state index is 0. The summed E-state index contributed by atoms with van der Waals surface area (Å²) in [5, 5.41) is 3.07. The first-order valence-electron chi connectivity index (χ1n) is 4.61. The standard InChI is InChI=1S/C5H13N.C5H11N.CH4/c2*1-5(2)4-6-3;/h5-6H,4H2,1-3H3;4-5H,1-3H3;1H4. The van der Waals surface area contributed by atoms with Crippen molar-refractivity contribution in [3.05, 3.63) is 0 Å². The molecule has 0 spiro atoms. The summed E-state index contributed by atoms with van der Waals surface area (Å²) in [6.07, 6.45) is 1.92. The molecule has 0 saturated carbocycles. The minimum Gasteiger partial charge on any atom is -0.319 e. The van der Waals surface area contributed by atoms with Crippen molar-refractivity contribution in [2.24, 2.45) is 16.8 Å². The molecule has 0 aliphatic heterocycles. The third-order valence-electron chi connectivity index (χ3n) is 1.06. The zero-order chi connectivity index (χ0) is 9.98. The maximum absolute atomic E-state index is 3.81. The lowest BCUT2D eigenvalue weighted by atomic mass is 10.2. The van der Waals surface area contributed by atoms with Gasteiger partial charge in [0.15, 0.2) is 0 Å². The highest BCUT2D eigenvalue weighted by Gasteiger charge is 1.84. The molecule has 0 heterocycles. The van der Waals surface area contributed by atoms with E-state index in [4.69, 9.17) is 0 Å². The van der Waals surface area contributed by atoms with Gasteiger partial charge in [-0.3, -0.25) is 0 Å². The first-order chi connectivity index (χ1) is 5.54. The Morgan fingerprint density at radius 1 is 1.23 bits per heavy atom. The van der Waals surface area contributed by atoms with Gasteiger partial charge in [-0.05, 0) is 25.4 Å². The van der Waals surface area contributed by atoms with Crippen LogP contribution >= 0.6 is 0 Å². The zero-order valence-electron chi connectivity index (χ0n) is 9.39. The van der Waals surface area contributed by atoms with Gasteiger partial charge >= 0.3 is 0 Å². The summed E-state index contributed by atoms with van der Waals surface area (Å²) in [6.45, 7) is 9.72. The van der Waals surface area contributed by atoms with Gasteiger partial charge in [0, 0.05) is 13.3 Å². The SMILES string of the molecule is C.CN=CC(C)C.CNCC(C)C. The number of hydrogen-bond acceptors (Lipinski definition) is 2. The van der Waals surface area contributed by atoms with Crippen LogP contribution in [0.1, 0.15) is 35.1 Å². The smallest absolute Gasteiger partial charge is 0.0273 e. The summed E-state index contributed by atoms with van der Waals surface area (Å²) >= 11 is 0. The van der Waals surface area contributed by atoms with E-state index in [1.54, 1.807) is 7.05 Å². The molecule has 0 aromatic carbocycles. The van der Waals surface area contributed by atoms with Crippen molar-refractivity contribution in [1.82, 2.24) is 5.32 Å². The van der Waals surface area contributed by atoms with E-state index in [2.05, 4.69) is 38.0 Å². The van der Waals surface area contributed by atoms with Crippen LogP contribution in [0.15, 0.2) is 4.99 Å². The van der Waals surface area contributed by atoms with Crippen LogP contribution in [0, 0.1) is 11.8 Å². The van der Waals surface area contributed by atoms with E-state index >= 15 is 0 Å². The maximum Gasteiger partial charge on any atom is 0.0273 e. The first kappa shape index (κ1) is 18.4. The van der Waals surface area contributed by atoms with Crippen LogP contribution in [-0.2, 0) is 0 Å². The molecule has 2 heteroatoms. The van der Waals surface area contributed by atoms with Crippen molar-refractivity contribution >= 4 is 6.21 Å². The second-order valence-electron chi connectivity index (χ2n) is 3.60. The van der Waals surface area contributed by atoms with Gasteiger partial charge in [0.05, 0.1) is 0 Å². The summed E-state index contributed by atoms with van der Waals surface area (Å²) in [7, 11) is 3.76. The highest BCUT2D eigenvalue weighted by molar-refractivity contribution is 5.59. The van der Waals surface area contributed by atoms with Crippen molar-refractivity contribution in [3.8, 4) is 0 Å². The normalized spacial score (nSPS) is 9.85. The molecule has 0 fully saturated rings. The molecule has 0 aliphatic rings. The average Bonchev–Trinajstić information content (AvgIpc) is 1.87. The largest absolute Gasteiger partial charge is 0.319 e. The predicted octanol–water partition coefficient (Wildman–Crippen LogP) is 2.84. The van der Waals surface area contributed by atoms with Crippen LogP contribution in [0.5, 0.6) is 0 Å².